The molecule has 1 aromatic carbocycles. The summed E-state index contributed by atoms with van der Waals surface area (Å²) >= 11 is 0. The van der Waals surface area contributed by atoms with Crippen LogP contribution in [0.5, 0.6) is 0 Å². The Morgan fingerprint density at radius 2 is 2.42 bits per heavy atom. The van der Waals surface area contributed by atoms with E-state index in [9.17, 15) is 4.39 Å². The highest BCUT2D eigenvalue weighted by Crippen LogP contribution is 2.17. The van der Waals surface area contributed by atoms with Gasteiger partial charge in [-0.15, -0.1) is 0 Å². The molecule has 0 aliphatic heterocycles. The summed E-state index contributed by atoms with van der Waals surface area (Å²) < 4.78 is 13.1. The zero-order chi connectivity index (χ0) is 8.39. The van der Waals surface area contributed by atoms with Gasteiger partial charge in [0.15, 0.2) is 0 Å². The van der Waals surface area contributed by atoms with Gasteiger partial charge in [-0.25, -0.2) is 9.37 Å². The molecule has 12 heavy (non-hydrogen) atoms. The van der Waals surface area contributed by atoms with Gasteiger partial charge >= 0.3 is 0 Å². The van der Waals surface area contributed by atoms with Crippen LogP contribution in [-0.2, 0) is 0 Å². The van der Waals surface area contributed by atoms with Crippen molar-refractivity contribution in [3.63, 3.8) is 0 Å². The monoisotopic (exact) mass is 161 g/mol. The van der Waals surface area contributed by atoms with E-state index in [1.807, 2.05) is 0 Å². The van der Waals surface area contributed by atoms with E-state index < -0.39 is 0 Å². The Morgan fingerprint density at radius 3 is 3.08 bits per heavy atom. The first-order valence-corrected chi connectivity index (χ1v) is 3.53. The van der Waals surface area contributed by atoms with Crippen LogP contribution in [0.15, 0.2) is 30.6 Å². The van der Waals surface area contributed by atoms with Gasteiger partial charge in [0.05, 0.1) is 5.56 Å². The van der Waals surface area contributed by atoms with Gasteiger partial charge < -0.3 is 4.98 Å². The summed E-state index contributed by atoms with van der Waals surface area (Å²) in [6.07, 6.45) is 3.25. The Kier molecular flexibility index (Phi) is 1.63. The van der Waals surface area contributed by atoms with E-state index in [4.69, 9.17) is 0 Å². The summed E-state index contributed by atoms with van der Waals surface area (Å²) in [5.41, 5.74) is 0.471. The quantitative estimate of drug-likeness (QED) is 0.681. The Bertz CT molecular complexity index is 368. The van der Waals surface area contributed by atoms with E-state index >= 15 is 0 Å². The number of rotatable bonds is 1. The molecule has 1 radical (unpaired) electrons. The molecule has 2 aromatic rings. The van der Waals surface area contributed by atoms with Gasteiger partial charge in [0.1, 0.15) is 11.6 Å². The number of halogens is 1. The molecule has 1 N–H and O–H groups in total. The SMILES string of the molecule is Fc1c[c]ccc1-c1ncc[nH]1. The van der Waals surface area contributed by atoms with Crippen LogP contribution < -0.4 is 0 Å². The van der Waals surface area contributed by atoms with Gasteiger partial charge in [-0.2, -0.15) is 0 Å². The van der Waals surface area contributed by atoms with Crippen LogP contribution in [0.4, 0.5) is 4.39 Å². The maximum Gasteiger partial charge on any atom is 0.140 e. The Morgan fingerprint density at radius 1 is 1.50 bits per heavy atom. The van der Waals surface area contributed by atoms with Crippen LogP contribution in [0.2, 0.25) is 0 Å². The van der Waals surface area contributed by atoms with Crippen molar-refractivity contribution in [3.05, 3.63) is 42.5 Å². The van der Waals surface area contributed by atoms with Crippen LogP contribution in [0.25, 0.3) is 11.4 Å². The molecule has 0 atom stereocenters. The van der Waals surface area contributed by atoms with E-state index in [1.165, 1.54) is 6.07 Å². The summed E-state index contributed by atoms with van der Waals surface area (Å²) in [5, 5.41) is 0. The Balaban J connectivity index is 2.55. The fraction of sp³-hybridized carbons (Fsp3) is 0. The van der Waals surface area contributed by atoms with Gasteiger partial charge in [-0.1, -0.05) is 6.07 Å². The molecule has 1 aromatic heterocycles. The zero-order valence-electron chi connectivity index (χ0n) is 6.21. The Hall–Kier alpha value is -1.64. The number of H-pyrrole nitrogens is 1. The van der Waals surface area contributed by atoms with Crippen LogP contribution >= 0.6 is 0 Å². The van der Waals surface area contributed by atoms with E-state index in [2.05, 4.69) is 16.0 Å². The molecule has 0 fully saturated rings. The number of imidazole rings is 1. The molecule has 1 heterocycles. The van der Waals surface area contributed by atoms with Gasteiger partial charge in [-0.3, -0.25) is 0 Å². The van der Waals surface area contributed by atoms with Crippen LogP contribution in [0.1, 0.15) is 0 Å². The molecule has 59 valence electrons. The molecule has 0 spiro atoms. The van der Waals surface area contributed by atoms with E-state index in [1.54, 1.807) is 24.5 Å². The van der Waals surface area contributed by atoms with Crippen molar-refractivity contribution in [3.8, 4) is 11.4 Å². The number of aromatic amines is 1. The van der Waals surface area contributed by atoms with Crippen molar-refractivity contribution < 1.29 is 4.39 Å². The lowest BCUT2D eigenvalue weighted by Gasteiger charge is -1.96. The molecule has 0 amide bonds. The predicted molar refractivity (Wildman–Crippen MR) is 42.8 cm³/mol. The second-order valence-electron chi connectivity index (χ2n) is 2.34. The number of aromatic nitrogens is 2. The van der Waals surface area contributed by atoms with Crippen molar-refractivity contribution in [2.75, 3.05) is 0 Å². The summed E-state index contributed by atoms with van der Waals surface area (Å²) in [6, 6.07) is 7.22. The molecule has 0 unspecified atom stereocenters. The van der Waals surface area contributed by atoms with E-state index in [-0.39, 0.29) is 5.82 Å². The lowest BCUT2D eigenvalue weighted by molar-refractivity contribution is 0.630. The minimum absolute atomic E-state index is 0.313. The first kappa shape index (κ1) is 7.03. The molecule has 0 aliphatic rings. The lowest BCUT2D eigenvalue weighted by Crippen LogP contribution is -1.84. The van der Waals surface area contributed by atoms with Crippen molar-refractivity contribution in [2.24, 2.45) is 0 Å². The van der Waals surface area contributed by atoms with Crippen LogP contribution in [-0.4, -0.2) is 9.97 Å². The van der Waals surface area contributed by atoms with Gasteiger partial charge in [0.25, 0.3) is 0 Å². The number of benzene rings is 1. The highest BCUT2D eigenvalue weighted by atomic mass is 19.1. The van der Waals surface area contributed by atoms with Crippen molar-refractivity contribution in [1.29, 1.82) is 0 Å². The summed E-state index contributed by atoms with van der Waals surface area (Å²) in [5.74, 6) is 0.231. The number of nitrogens with zero attached hydrogens (tertiary/aromatic N) is 1. The molecule has 0 bridgehead atoms. The van der Waals surface area contributed by atoms with E-state index in [0.29, 0.717) is 11.4 Å². The average molecular weight is 161 g/mol. The van der Waals surface area contributed by atoms with Crippen molar-refractivity contribution >= 4 is 0 Å². The number of hydrogen-bond donors (Lipinski definition) is 1. The Labute approximate surface area is 69.1 Å². The lowest BCUT2D eigenvalue weighted by atomic mass is 10.2. The molecular formula is C9H6FN2. The van der Waals surface area contributed by atoms with Crippen LogP contribution in [0.3, 0.4) is 0 Å². The first-order valence-electron chi connectivity index (χ1n) is 3.53. The number of hydrogen-bond acceptors (Lipinski definition) is 1. The third-order valence-corrected chi connectivity index (χ3v) is 1.57. The molecule has 0 aliphatic carbocycles. The standard InChI is InChI=1S/C9H6FN2/c10-8-4-2-1-3-7(8)9-11-5-6-12-9/h1,3-6H,(H,11,12). The fourth-order valence-corrected chi connectivity index (χ4v) is 1.01. The van der Waals surface area contributed by atoms with Crippen molar-refractivity contribution in [1.82, 2.24) is 9.97 Å². The topological polar surface area (TPSA) is 28.7 Å². The molecular weight excluding hydrogens is 155 g/mol. The second-order valence-corrected chi connectivity index (χ2v) is 2.34. The molecule has 2 rings (SSSR count). The number of nitrogens with one attached hydrogen (secondary N) is 1. The third kappa shape index (κ3) is 1.09. The highest BCUT2D eigenvalue weighted by molar-refractivity contribution is 5.54. The van der Waals surface area contributed by atoms with Gasteiger partial charge in [0, 0.05) is 12.4 Å². The smallest absolute Gasteiger partial charge is 0.140 e. The maximum atomic E-state index is 13.1. The maximum absolute atomic E-state index is 13.1. The minimum atomic E-state index is -0.313. The largest absolute Gasteiger partial charge is 0.345 e. The molecule has 0 saturated carbocycles. The minimum Gasteiger partial charge on any atom is -0.345 e. The first-order chi connectivity index (χ1) is 5.88. The molecule has 3 heteroatoms. The summed E-state index contributed by atoms with van der Waals surface area (Å²) in [6.45, 7) is 0. The average Bonchev–Trinajstić information content (AvgIpc) is 2.57. The molecule has 2 nitrogen and oxygen atoms in total. The predicted octanol–water partition coefficient (Wildman–Crippen LogP) is 2.02. The van der Waals surface area contributed by atoms with Gasteiger partial charge in [0.2, 0.25) is 0 Å². The highest BCUT2D eigenvalue weighted by Gasteiger charge is 2.04. The fourth-order valence-electron chi connectivity index (χ4n) is 1.01. The normalized spacial score (nSPS) is 10.1. The van der Waals surface area contributed by atoms with E-state index in [0.717, 1.165) is 0 Å². The summed E-state index contributed by atoms with van der Waals surface area (Å²) in [4.78, 5) is 6.77. The van der Waals surface area contributed by atoms with Gasteiger partial charge in [-0.05, 0) is 18.2 Å². The van der Waals surface area contributed by atoms with Crippen molar-refractivity contribution in [2.45, 2.75) is 0 Å². The summed E-state index contributed by atoms with van der Waals surface area (Å²) in [7, 11) is 0. The zero-order valence-corrected chi connectivity index (χ0v) is 6.21. The second kappa shape index (κ2) is 2.77. The third-order valence-electron chi connectivity index (χ3n) is 1.57. The van der Waals surface area contributed by atoms with Crippen LogP contribution in [0, 0.1) is 11.9 Å². The molecule has 0 saturated heterocycles.